The van der Waals surface area contributed by atoms with Gasteiger partial charge in [-0.05, 0) is 50.7 Å². The standard InChI is InChI=1S/C16H23NO3/c1-16(2,18)15-7-5-4-6-12(15)11-20-14-8-13(19-3)9-17-10-14/h8-10,18H,4-7,11H2,1-3H3. The van der Waals surface area contributed by atoms with E-state index >= 15 is 0 Å². The van der Waals surface area contributed by atoms with Crippen molar-refractivity contribution in [2.45, 2.75) is 45.1 Å². The Morgan fingerprint density at radius 3 is 2.60 bits per heavy atom. The molecule has 0 radical (unpaired) electrons. The summed E-state index contributed by atoms with van der Waals surface area (Å²) in [5.74, 6) is 1.38. The van der Waals surface area contributed by atoms with E-state index in [0.29, 0.717) is 18.1 Å². The zero-order valence-electron chi connectivity index (χ0n) is 12.5. The van der Waals surface area contributed by atoms with Gasteiger partial charge in [0.1, 0.15) is 18.1 Å². The van der Waals surface area contributed by atoms with Gasteiger partial charge in [0.25, 0.3) is 0 Å². The topological polar surface area (TPSA) is 51.6 Å². The summed E-state index contributed by atoms with van der Waals surface area (Å²) in [6.45, 7) is 4.20. The molecule has 4 nitrogen and oxygen atoms in total. The molecule has 1 aliphatic carbocycles. The van der Waals surface area contributed by atoms with E-state index in [1.807, 2.05) is 19.9 Å². The molecule has 1 aromatic heterocycles. The summed E-state index contributed by atoms with van der Waals surface area (Å²) in [5, 5.41) is 10.2. The third-order valence-electron chi connectivity index (χ3n) is 3.66. The Morgan fingerprint density at radius 2 is 1.90 bits per heavy atom. The van der Waals surface area contributed by atoms with Gasteiger partial charge in [-0.2, -0.15) is 0 Å². The molecule has 1 aromatic rings. The maximum absolute atomic E-state index is 10.2. The van der Waals surface area contributed by atoms with Gasteiger partial charge in [0.15, 0.2) is 0 Å². The average Bonchev–Trinajstić information content (AvgIpc) is 2.44. The molecule has 0 atom stereocenters. The van der Waals surface area contributed by atoms with Crippen LogP contribution in [0, 0.1) is 0 Å². The van der Waals surface area contributed by atoms with Crippen LogP contribution in [0.3, 0.4) is 0 Å². The van der Waals surface area contributed by atoms with Crippen molar-refractivity contribution in [3.63, 3.8) is 0 Å². The third-order valence-corrected chi connectivity index (χ3v) is 3.66. The second-order valence-corrected chi connectivity index (χ2v) is 5.70. The van der Waals surface area contributed by atoms with E-state index < -0.39 is 5.60 Å². The van der Waals surface area contributed by atoms with Crippen LogP contribution >= 0.6 is 0 Å². The Hall–Kier alpha value is -1.55. The predicted octanol–water partition coefficient (Wildman–Crippen LogP) is 3.11. The Morgan fingerprint density at radius 1 is 1.20 bits per heavy atom. The third kappa shape index (κ3) is 3.73. The first-order valence-corrected chi connectivity index (χ1v) is 7.06. The monoisotopic (exact) mass is 277 g/mol. The van der Waals surface area contributed by atoms with Crippen LogP contribution in [0.5, 0.6) is 11.5 Å². The fourth-order valence-corrected chi connectivity index (χ4v) is 2.63. The summed E-state index contributed by atoms with van der Waals surface area (Å²) in [5.41, 5.74) is 1.58. The van der Waals surface area contributed by atoms with Gasteiger partial charge in [-0.1, -0.05) is 0 Å². The Balaban J connectivity index is 2.09. The van der Waals surface area contributed by atoms with Crippen LogP contribution in [0.15, 0.2) is 29.6 Å². The van der Waals surface area contributed by atoms with E-state index in [4.69, 9.17) is 9.47 Å². The van der Waals surface area contributed by atoms with E-state index in [-0.39, 0.29) is 0 Å². The van der Waals surface area contributed by atoms with E-state index in [1.165, 1.54) is 5.57 Å². The molecule has 2 rings (SSSR count). The highest BCUT2D eigenvalue weighted by molar-refractivity contribution is 5.30. The molecular formula is C16H23NO3. The summed E-state index contributed by atoms with van der Waals surface area (Å²) >= 11 is 0. The molecule has 0 spiro atoms. The molecule has 20 heavy (non-hydrogen) atoms. The normalized spacial score (nSPS) is 16.2. The van der Waals surface area contributed by atoms with Gasteiger partial charge in [-0.25, -0.2) is 0 Å². The number of ether oxygens (including phenoxy) is 2. The first-order chi connectivity index (χ1) is 9.50. The van der Waals surface area contributed by atoms with Gasteiger partial charge < -0.3 is 14.6 Å². The summed E-state index contributed by atoms with van der Waals surface area (Å²) in [7, 11) is 1.61. The number of hydrogen-bond donors (Lipinski definition) is 1. The molecule has 0 bridgehead atoms. The number of rotatable bonds is 5. The Bertz CT molecular complexity index is 489. The molecular weight excluding hydrogens is 254 g/mol. The van der Waals surface area contributed by atoms with Gasteiger partial charge >= 0.3 is 0 Å². The maximum atomic E-state index is 10.2. The van der Waals surface area contributed by atoms with Crippen LogP contribution in [-0.4, -0.2) is 29.4 Å². The average molecular weight is 277 g/mol. The Kier molecular flexibility index (Phi) is 4.65. The predicted molar refractivity (Wildman–Crippen MR) is 78.1 cm³/mol. The van der Waals surface area contributed by atoms with Crippen LogP contribution in [0.2, 0.25) is 0 Å². The second-order valence-electron chi connectivity index (χ2n) is 5.70. The lowest BCUT2D eigenvalue weighted by atomic mass is 9.83. The van der Waals surface area contributed by atoms with Gasteiger partial charge in [-0.15, -0.1) is 0 Å². The van der Waals surface area contributed by atoms with E-state index in [9.17, 15) is 5.11 Å². The maximum Gasteiger partial charge on any atom is 0.141 e. The molecule has 1 aliphatic rings. The molecule has 1 N–H and O–H groups in total. The number of pyridine rings is 1. The lowest BCUT2D eigenvalue weighted by Crippen LogP contribution is -2.26. The zero-order chi connectivity index (χ0) is 14.6. The van der Waals surface area contributed by atoms with Crippen molar-refractivity contribution >= 4 is 0 Å². The SMILES string of the molecule is COc1cncc(OCC2=C(C(C)(C)O)CCCC2)c1. The lowest BCUT2D eigenvalue weighted by molar-refractivity contribution is 0.111. The van der Waals surface area contributed by atoms with Gasteiger partial charge in [-0.3, -0.25) is 4.98 Å². The summed E-state index contributed by atoms with van der Waals surface area (Å²) in [4.78, 5) is 4.07. The summed E-state index contributed by atoms with van der Waals surface area (Å²) < 4.78 is 10.9. The largest absolute Gasteiger partial charge is 0.495 e. The van der Waals surface area contributed by atoms with Gasteiger partial charge in [0.05, 0.1) is 25.1 Å². The fraction of sp³-hybridized carbons (Fsp3) is 0.562. The van der Waals surface area contributed by atoms with Crippen molar-refractivity contribution in [2.24, 2.45) is 0 Å². The summed E-state index contributed by atoms with van der Waals surface area (Å²) in [6.07, 6.45) is 7.58. The minimum Gasteiger partial charge on any atom is -0.495 e. The molecule has 0 amide bonds. The highest BCUT2D eigenvalue weighted by Gasteiger charge is 2.25. The van der Waals surface area contributed by atoms with Crippen molar-refractivity contribution < 1.29 is 14.6 Å². The molecule has 0 saturated heterocycles. The van der Waals surface area contributed by atoms with E-state index in [2.05, 4.69) is 4.98 Å². The number of hydrogen-bond acceptors (Lipinski definition) is 4. The molecule has 0 aliphatic heterocycles. The second kappa shape index (κ2) is 6.27. The van der Waals surface area contributed by atoms with Crippen LogP contribution in [-0.2, 0) is 0 Å². The first kappa shape index (κ1) is 14.9. The number of nitrogens with zero attached hydrogens (tertiary/aromatic N) is 1. The number of aromatic nitrogens is 1. The molecule has 110 valence electrons. The van der Waals surface area contributed by atoms with E-state index in [1.54, 1.807) is 19.5 Å². The number of aliphatic hydroxyl groups is 1. The molecule has 0 saturated carbocycles. The molecule has 4 heteroatoms. The Labute approximate surface area is 120 Å². The van der Waals surface area contributed by atoms with Gasteiger partial charge in [0, 0.05) is 6.07 Å². The van der Waals surface area contributed by atoms with Crippen molar-refractivity contribution in [1.82, 2.24) is 4.98 Å². The zero-order valence-corrected chi connectivity index (χ0v) is 12.5. The minimum atomic E-state index is -0.758. The highest BCUT2D eigenvalue weighted by atomic mass is 16.5. The molecule has 1 heterocycles. The van der Waals surface area contributed by atoms with E-state index in [0.717, 1.165) is 31.3 Å². The van der Waals surface area contributed by atoms with Crippen molar-refractivity contribution in [3.05, 3.63) is 29.6 Å². The van der Waals surface area contributed by atoms with Crippen molar-refractivity contribution in [2.75, 3.05) is 13.7 Å². The number of methoxy groups -OCH3 is 1. The minimum absolute atomic E-state index is 0.508. The molecule has 0 fully saturated rings. The van der Waals surface area contributed by atoms with Crippen LogP contribution in [0.4, 0.5) is 0 Å². The molecule has 0 unspecified atom stereocenters. The quantitative estimate of drug-likeness (QED) is 0.840. The molecule has 0 aromatic carbocycles. The lowest BCUT2D eigenvalue weighted by Gasteiger charge is -2.29. The van der Waals surface area contributed by atoms with Crippen LogP contribution < -0.4 is 9.47 Å². The van der Waals surface area contributed by atoms with Crippen LogP contribution in [0.1, 0.15) is 39.5 Å². The smallest absolute Gasteiger partial charge is 0.141 e. The summed E-state index contributed by atoms with van der Waals surface area (Å²) in [6, 6.07) is 1.82. The van der Waals surface area contributed by atoms with Crippen molar-refractivity contribution in [3.8, 4) is 11.5 Å². The van der Waals surface area contributed by atoms with Crippen LogP contribution in [0.25, 0.3) is 0 Å². The van der Waals surface area contributed by atoms with Crippen molar-refractivity contribution in [1.29, 1.82) is 0 Å². The highest BCUT2D eigenvalue weighted by Crippen LogP contribution is 2.32. The van der Waals surface area contributed by atoms with Gasteiger partial charge in [0.2, 0.25) is 0 Å². The fourth-order valence-electron chi connectivity index (χ4n) is 2.63. The first-order valence-electron chi connectivity index (χ1n) is 7.06.